The molecule has 1 saturated heterocycles. The topological polar surface area (TPSA) is 116 Å². The Labute approximate surface area is 281 Å². The summed E-state index contributed by atoms with van der Waals surface area (Å²) in [5, 5.41) is 0. The molecule has 1 aliphatic heterocycles. The van der Waals surface area contributed by atoms with Gasteiger partial charge in [-0.25, -0.2) is 19.6 Å². The van der Waals surface area contributed by atoms with Crippen LogP contribution in [0.2, 0.25) is 0 Å². The average molecular weight is 647 g/mol. The molecule has 6 rings (SSSR count). The van der Waals surface area contributed by atoms with E-state index in [1.165, 1.54) is 4.90 Å². The van der Waals surface area contributed by atoms with Gasteiger partial charge in [0, 0.05) is 13.6 Å². The summed E-state index contributed by atoms with van der Waals surface area (Å²) >= 11 is 0. The van der Waals surface area contributed by atoms with Crippen molar-refractivity contribution in [2.24, 2.45) is 0 Å². The SMILES string of the molecule is C[C@@H](c1ncc(-c2ccc(-c3ccc(-c4cnc([C@@H]5CCCN5C(=O)OCc5ccccc5)[nH]4)cc3)cc2)[nH]1)N(C)C(=O)OC(C)(C)C. The van der Waals surface area contributed by atoms with Gasteiger partial charge in [-0.1, -0.05) is 78.9 Å². The van der Waals surface area contributed by atoms with Crippen LogP contribution in [0.25, 0.3) is 33.6 Å². The molecular formula is C38H42N6O4. The maximum Gasteiger partial charge on any atom is 0.410 e. The third kappa shape index (κ3) is 7.43. The maximum absolute atomic E-state index is 12.9. The van der Waals surface area contributed by atoms with Crippen molar-refractivity contribution in [2.75, 3.05) is 13.6 Å². The first kappa shape index (κ1) is 32.6. The lowest BCUT2D eigenvalue weighted by atomic mass is 10.0. The molecule has 1 aliphatic rings. The van der Waals surface area contributed by atoms with Gasteiger partial charge in [0.1, 0.15) is 23.9 Å². The first-order valence-corrected chi connectivity index (χ1v) is 16.3. The third-order valence-corrected chi connectivity index (χ3v) is 8.58. The van der Waals surface area contributed by atoms with Crippen molar-refractivity contribution < 1.29 is 19.1 Å². The molecule has 248 valence electrons. The van der Waals surface area contributed by atoms with Crippen LogP contribution < -0.4 is 0 Å². The second-order valence-corrected chi connectivity index (χ2v) is 13.2. The number of amides is 2. The van der Waals surface area contributed by atoms with E-state index in [1.807, 2.05) is 64.2 Å². The maximum atomic E-state index is 12.9. The number of hydrogen-bond donors (Lipinski definition) is 2. The molecule has 3 heterocycles. The fraction of sp³-hybridized carbons (Fsp3) is 0.316. The van der Waals surface area contributed by atoms with Crippen molar-refractivity contribution in [2.45, 2.75) is 64.8 Å². The second-order valence-electron chi connectivity index (χ2n) is 13.2. The molecule has 5 aromatic rings. The van der Waals surface area contributed by atoms with Gasteiger partial charge in [0.05, 0.1) is 35.9 Å². The number of likely N-dealkylation sites (tertiary alicyclic amines) is 1. The van der Waals surface area contributed by atoms with E-state index in [-0.39, 0.29) is 24.8 Å². The standard InChI is InChI=1S/C38H42N6O4/c1-25(43(5)36(45)48-38(2,3)4)34-39-22-31(41-34)29-17-13-27(14-18-29)28-15-19-30(20-16-28)32-23-40-35(42-32)33-12-9-21-44(33)37(46)47-24-26-10-7-6-8-11-26/h6-8,10-11,13-20,22-23,25,33H,9,12,21,24H2,1-5H3,(H,39,41)(H,40,42)/t25-,33-/m0/s1. The van der Waals surface area contributed by atoms with Gasteiger partial charge in [-0.15, -0.1) is 0 Å². The highest BCUT2D eigenvalue weighted by Gasteiger charge is 2.33. The van der Waals surface area contributed by atoms with Gasteiger partial charge in [-0.2, -0.15) is 0 Å². The van der Waals surface area contributed by atoms with Crippen LogP contribution in [0.15, 0.2) is 91.3 Å². The number of rotatable bonds is 8. The van der Waals surface area contributed by atoms with Crippen molar-refractivity contribution >= 4 is 12.2 Å². The summed E-state index contributed by atoms with van der Waals surface area (Å²) in [4.78, 5) is 44.7. The van der Waals surface area contributed by atoms with Crippen LogP contribution in [0.5, 0.6) is 0 Å². The zero-order valence-corrected chi connectivity index (χ0v) is 28.1. The molecule has 0 spiro atoms. The van der Waals surface area contributed by atoms with Crippen molar-refractivity contribution in [3.63, 3.8) is 0 Å². The van der Waals surface area contributed by atoms with Gasteiger partial charge < -0.3 is 24.3 Å². The third-order valence-electron chi connectivity index (χ3n) is 8.58. The van der Waals surface area contributed by atoms with Gasteiger partial charge in [0.25, 0.3) is 0 Å². The van der Waals surface area contributed by atoms with Crippen molar-refractivity contribution in [3.05, 3.63) is 108 Å². The minimum Gasteiger partial charge on any atom is -0.445 e. The monoisotopic (exact) mass is 646 g/mol. The molecule has 1 fully saturated rings. The zero-order chi connectivity index (χ0) is 33.8. The molecule has 3 aromatic carbocycles. The van der Waals surface area contributed by atoms with E-state index < -0.39 is 11.7 Å². The number of ether oxygens (including phenoxy) is 2. The first-order chi connectivity index (χ1) is 23.1. The number of benzene rings is 3. The quantitative estimate of drug-likeness (QED) is 0.175. The summed E-state index contributed by atoms with van der Waals surface area (Å²) in [7, 11) is 1.71. The summed E-state index contributed by atoms with van der Waals surface area (Å²) in [6.45, 7) is 8.36. The number of nitrogens with one attached hydrogen (secondary N) is 2. The highest BCUT2D eigenvalue weighted by Crippen LogP contribution is 2.33. The van der Waals surface area contributed by atoms with Crippen LogP contribution in [0.4, 0.5) is 9.59 Å². The van der Waals surface area contributed by atoms with Gasteiger partial charge in [-0.3, -0.25) is 4.90 Å². The Bertz CT molecular complexity index is 1840. The molecule has 0 radical (unpaired) electrons. The molecule has 0 aliphatic carbocycles. The van der Waals surface area contributed by atoms with Crippen LogP contribution >= 0.6 is 0 Å². The van der Waals surface area contributed by atoms with Gasteiger partial charge in [-0.05, 0) is 68.4 Å². The Morgan fingerprint density at radius 1 is 0.875 bits per heavy atom. The molecular weight excluding hydrogens is 604 g/mol. The highest BCUT2D eigenvalue weighted by atomic mass is 16.6. The van der Waals surface area contributed by atoms with Gasteiger partial charge >= 0.3 is 12.2 Å². The van der Waals surface area contributed by atoms with Crippen molar-refractivity contribution in [1.29, 1.82) is 0 Å². The number of hydrogen-bond acceptors (Lipinski definition) is 6. The smallest absolute Gasteiger partial charge is 0.410 e. The fourth-order valence-electron chi connectivity index (χ4n) is 5.78. The van der Waals surface area contributed by atoms with Crippen LogP contribution in [0.1, 0.15) is 69.8 Å². The largest absolute Gasteiger partial charge is 0.445 e. The molecule has 10 heteroatoms. The van der Waals surface area contributed by atoms with Crippen LogP contribution in [-0.2, 0) is 16.1 Å². The van der Waals surface area contributed by atoms with E-state index in [2.05, 4.69) is 68.5 Å². The summed E-state index contributed by atoms with van der Waals surface area (Å²) in [5.41, 5.74) is 6.36. The average Bonchev–Trinajstić information content (AvgIpc) is 3.88. The Balaban J connectivity index is 1.08. The van der Waals surface area contributed by atoms with E-state index >= 15 is 0 Å². The van der Waals surface area contributed by atoms with Gasteiger partial charge in [0.2, 0.25) is 0 Å². The Hall–Kier alpha value is -5.38. The van der Waals surface area contributed by atoms with E-state index in [1.54, 1.807) is 18.1 Å². The molecule has 0 unspecified atom stereocenters. The number of nitrogens with zero attached hydrogens (tertiary/aromatic N) is 4. The summed E-state index contributed by atoms with van der Waals surface area (Å²) in [5.74, 6) is 1.45. The number of carbonyl (C=O) groups is 2. The summed E-state index contributed by atoms with van der Waals surface area (Å²) in [6.07, 6.45) is 4.65. The van der Waals surface area contributed by atoms with Crippen molar-refractivity contribution in [1.82, 2.24) is 29.7 Å². The van der Waals surface area contributed by atoms with E-state index in [0.29, 0.717) is 12.4 Å². The lowest BCUT2D eigenvalue weighted by molar-refractivity contribution is 0.0227. The molecule has 2 aromatic heterocycles. The Morgan fingerprint density at radius 2 is 1.46 bits per heavy atom. The molecule has 2 amide bonds. The fourth-order valence-corrected chi connectivity index (χ4v) is 5.78. The van der Waals surface area contributed by atoms with E-state index in [4.69, 9.17) is 9.47 Å². The number of imidazole rings is 2. The lowest BCUT2D eigenvalue weighted by Crippen LogP contribution is -2.36. The van der Waals surface area contributed by atoms with Gasteiger partial charge in [0.15, 0.2) is 0 Å². The minimum atomic E-state index is -0.566. The predicted octanol–water partition coefficient (Wildman–Crippen LogP) is 8.54. The molecule has 2 N–H and O–H groups in total. The minimum absolute atomic E-state index is 0.139. The Morgan fingerprint density at radius 3 is 2.08 bits per heavy atom. The first-order valence-electron chi connectivity index (χ1n) is 16.3. The van der Waals surface area contributed by atoms with E-state index in [0.717, 1.165) is 57.9 Å². The van der Waals surface area contributed by atoms with Crippen LogP contribution in [-0.4, -0.2) is 61.1 Å². The predicted molar refractivity (Wildman–Crippen MR) is 185 cm³/mol. The number of aromatic amines is 2. The summed E-state index contributed by atoms with van der Waals surface area (Å²) in [6, 6.07) is 25.9. The zero-order valence-electron chi connectivity index (χ0n) is 28.1. The van der Waals surface area contributed by atoms with Crippen LogP contribution in [0, 0.1) is 0 Å². The van der Waals surface area contributed by atoms with Crippen LogP contribution in [0.3, 0.4) is 0 Å². The molecule has 48 heavy (non-hydrogen) atoms. The second kappa shape index (κ2) is 13.8. The van der Waals surface area contributed by atoms with Crippen molar-refractivity contribution in [3.8, 4) is 33.6 Å². The normalized spacial score (nSPS) is 15.3. The number of aromatic nitrogens is 4. The Kier molecular flexibility index (Phi) is 9.34. The highest BCUT2D eigenvalue weighted by molar-refractivity contribution is 5.72. The number of carbonyl (C=O) groups excluding carboxylic acids is 2. The van der Waals surface area contributed by atoms with E-state index in [9.17, 15) is 9.59 Å². The number of H-pyrrole nitrogens is 2. The molecule has 2 atom stereocenters. The lowest BCUT2D eigenvalue weighted by Gasteiger charge is -2.27. The molecule has 0 saturated carbocycles. The molecule has 0 bridgehead atoms. The molecule has 10 nitrogen and oxygen atoms in total. The summed E-state index contributed by atoms with van der Waals surface area (Å²) < 4.78 is 11.1.